The van der Waals surface area contributed by atoms with E-state index in [9.17, 15) is 24.8 Å². The maximum absolute atomic E-state index is 13.5. The molecule has 172 valence electrons. The number of hydrogen-bond donors (Lipinski definition) is 4. The lowest BCUT2D eigenvalue weighted by Gasteiger charge is -2.26. The molecule has 2 bridgehead atoms. The van der Waals surface area contributed by atoms with Crippen molar-refractivity contribution in [2.45, 2.75) is 38.8 Å². The number of rotatable bonds is 3. The highest BCUT2D eigenvalue weighted by atomic mass is 16.8. The van der Waals surface area contributed by atoms with Crippen molar-refractivity contribution < 1.29 is 24.8 Å². The Morgan fingerprint density at radius 1 is 1.09 bits per heavy atom. The number of nitrogens with zero attached hydrogens (tertiary/aromatic N) is 1. The van der Waals surface area contributed by atoms with Crippen LogP contribution < -0.4 is 15.9 Å². The third kappa shape index (κ3) is 4.51. The molecule has 1 aromatic heterocycles. The number of anilines is 1. The van der Waals surface area contributed by atoms with Crippen LogP contribution in [0.1, 0.15) is 36.2 Å². The quantitative estimate of drug-likeness (QED) is 0.450. The molecule has 3 aromatic rings. The summed E-state index contributed by atoms with van der Waals surface area (Å²) < 4.78 is 1.44. The van der Waals surface area contributed by atoms with Gasteiger partial charge in [-0.2, -0.15) is 0 Å². The van der Waals surface area contributed by atoms with Crippen LogP contribution in [0.2, 0.25) is 0 Å². The molecule has 1 aliphatic rings. The predicted octanol–water partition coefficient (Wildman–Crippen LogP) is 1.50. The van der Waals surface area contributed by atoms with Gasteiger partial charge in [-0.25, -0.2) is 10.4 Å². The maximum atomic E-state index is 13.5. The Balaban J connectivity index is 1.90. The predicted molar refractivity (Wildman–Crippen MR) is 122 cm³/mol. The van der Waals surface area contributed by atoms with E-state index in [2.05, 4.69) is 10.6 Å². The molecule has 4 rings (SSSR count). The Hall–Kier alpha value is -3.53. The van der Waals surface area contributed by atoms with E-state index in [1.165, 1.54) is 4.57 Å². The van der Waals surface area contributed by atoms with Crippen molar-refractivity contribution >= 4 is 34.3 Å². The second kappa shape index (κ2) is 9.14. The summed E-state index contributed by atoms with van der Waals surface area (Å²) in [6, 6.07) is 11.5. The summed E-state index contributed by atoms with van der Waals surface area (Å²) in [7, 11) is 0. The van der Waals surface area contributed by atoms with Crippen LogP contribution in [-0.4, -0.2) is 39.6 Å². The van der Waals surface area contributed by atoms with Gasteiger partial charge in [0.15, 0.2) is 6.04 Å². The van der Waals surface area contributed by atoms with Crippen LogP contribution in [0.3, 0.4) is 0 Å². The zero-order valence-electron chi connectivity index (χ0n) is 18.4. The Labute approximate surface area is 190 Å². The van der Waals surface area contributed by atoms with Crippen LogP contribution >= 0.6 is 0 Å². The normalized spacial score (nSPS) is 20.3. The van der Waals surface area contributed by atoms with E-state index < -0.39 is 29.1 Å². The molecule has 0 saturated carbocycles. The number of benzene rings is 2. The average Bonchev–Trinajstić information content (AvgIpc) is 3.14. The molecule has 9 nitrogen and oxygen atoms in total. The lowest BCUT2D eigenvalue weighted by molar-refractivity contribution is -1.06. The summed E-state index contributed by atoms with van der Waals surface area (Å²) in [6.45, 7) is 3.81. The number of hydrogen-bond acceptors (Lipinski definition) is 5. The molecule has 9 heteroatoms. The van der Waals surface area contributed by atoms with Crippen LogP contribution in [0.4, 0.5) is 5.69 Å². The van der Waals surface area contributed by atoms with Crippen molar-refractivity contribution in [2.75, 3.05) is 5.32 Å². The van der Waals surface area contributed by atoms with Gasteiger partial charge in [-0.15, -0.1) is 0 Å². The third-order valence-electron chi connectivity index (χ3n) is 5.81. The highest BCUT2D eigenvalue weighted by Crippen LogP contribution is 2.26. The molecule has 0 aliphatic carbocycles. The van der Waals surface area contributed by atoms with Gasteiger partial charge in [0.05, 0.1) is 16.8 Å². The Bertz CT molecular complexity index is 1220. The molecule has 0 radical (unpaired) electrons. The summed E-state index contributed by atoms with van der Waals surface area (Å²) >= 11 is 0. The van der Waals surface area contributed by atoms with E-state index in [0.29, 0.717) is 34.1 Å². The summed E-state index contributed by atoms with van der Waals surface area (Å²) in [6.07, 6.45) is 1.79. The van der Waals surface area contributed by atoms with Crippen LogP contribution in [0.5, 0.6) is 0 Å². The van der Waals surface area contributed by atoms with Crippen molar-refractivity contribution in [1.29, 1.82) is 0 Å². The first-order valence-electron chi connectivity index (χ1n) is 10.8. The van der Waals surface area contributed by atoms with Gasteiger partial charge >= 0.3 is 0 Å². The lowest BCUT2D eigenvalue weighted by atomic mass is 10.0. The smallest absolute Gasteiger partial charge is 0.282 e. The fourth-order valence-corrected chi connectivity index (χ4v) is 4.20. The van der Waals surface area contributed by atoms with Gasteiger partial charge in [-0.3, -0.25) is 19.0 Å². The zero-order valence-corrected chi connectivity index (χ0v) is 18.4. The first-order chi connectivity index (χ1) is 15.8. The van der Waals surface area contributed by atoms with Crippen LogP contribution in [-0.2, 0) is 16.0 Å². The van der Waals surface area contributed by atoms with Crippen molar-refractivity contribution in [3.63, 3.8) is 0 Å². The minimum absolute atomic E-state index is 0.0635. The molecule has 2 aromatic carbocycles. The average molecular weight is 450 g/mol. The first kappa shape index (κ1) is 22.7. The summed E-state index contributed by atoms with van der Waals surface area (Å²) in [5.74, 6) is -1.54. The minimum Gasteiger partial charge on any atom is -0.599 e. The Kier molecular flexibility index (Phi) is 6.28. The molecular formula is C24H26N4O5. The molecule has 4 N–H and O–H groups in total. The van der Waals surface area contributed by atoms with E-state index in [-0.39, 0.29) is 18.2 Å². The second-order valence-corrected chi connectivity index (χ2v) is 8.67. The highest BCUT2D eigenvalue weighted by molar-refractivity contribution is 6.09. The van der Waals surface area contributed by atoms with Crippen LogP contribution in [0.25, 0.3) is 10.9 Å². The van der Waals surface area contributed by atoms with Gasteiger partial charge in [0, 0.05) is 18.0 Å². The maximum Gasteiger partial charge on any atom is 0.282 e. The van der Waals surface area contributed by atoms with E-state index in [4.69, 9.17) is 0 Å². The van der Waals surface area contributed by atoms with Crippen molar-refractivity contribution in [2.24, 2.45) is 5.92 Å². The van der Waals surface area contributed by atoms with Gasteiger partial charge in [-0.05, 0) is 36.1 Å². The Morgan fingerprint density at radius 3 is 2.52 bits per heavy atom. The number of para-hydroxylation sites is 2. The molecule has 0 fully saturated rings. The van der Waals surface area contributed by atoms with E-state index in [0.717, 1.165) is 0 Å². The number of nitrogens with one attached hydrogen (secondary N) is 3. The summed E-state index contributed by atoms with van der Waals surface area (Å²) in [5.41, 5.74) is 1.78. The zero-order chi connectivity index (χ0) is 23.7. The molecule has 0 spiro atoms. The van der Waals surface area contributed by atoms with Crippen LogP contribution in [0.15, 0.2) is 54.7 Å². The largest absolute Gasteiger partial charge is 0.599 e. The topological polar surface area (TPSA) is 128 Å². The fourth-order valence-electron chi connectivity index (χ4n) is 4.20. The van der Waals surface area contributed by atoms with Crippen molar-refractivity contribution in [3.05, 3.63) is 71.1 Å². The second-order valence-electron chi connectivity index (χ2n) is 8.67. The monoisotopic (exact) mass is 450 g/mol. The molecule has 2 heterocycles. The van der Waals surface area contributed by atoms with E-state index in [1.807, 2.05) is 13.8 Å². The van der Waals surface area contributed by atoms with Gasteiger partial charge in [-0.1, -0.05) is 44.2 Å². The van der Waals surface area contributed by atoms with Gasteiger partial charge in [0.25, 0.3) is 11.8 Å². The number of quaternary nitrogens is 1. The fraction of sp³-hybridized carbons (Fsp3) is 0.292. The van der Waals surface area contributed by atoms with Crippen LogP contribution in [0, 0.1) is 11.1 Å². The van der Waals surface area contributed by atoms with Gasteiger partial charge < -0.3 is 15.8 Å². The minimum atomic E-state index is -1.41. The number of carbonyl (C=O) groups is 3. The molecule has 33 heavy (non-hydrogen) atoms. The lowest BCUT2D eigenvalue weighted by Crippen LogP contribution is -3.11. The van der Waals surface area contributed by atoms with Gasteiger partial charge in [0.1, 0.15) is 6.04 Å². The van der Waals surface area contributed by atoms with Gasteiger partial charge in [0.2, 0.25) is 5.91 Å². The Morgan fingerprint density at radius 2 is 1.79 bits per heavy atom. The highest BCUT2D eigenvalue weighted by Gasteiger charge is 2.32. The number of fused-ring (bicyclic) bond motifs is 6. The number of aromatic nitrogens is 1. The molecular weight excluding hydrogens is 424 g/mol. The summed E-state index contributed by atoms with van der Waals surface area (Å²) in [4.78, 5) is 39.6. The standard InChI is InChI=1S/C24H26N4O5/c1-14(2)11-19-22(29)25-18-9-5-3-8-17(18)24(31)27-13-15(16-7-4-6-10-20(16)27)12-21(28(32)33)23(30)26-19/h3-10,13-14,19,21,28,32H,11-12H2,1-2H3,(H,25,29)(H,26,30). The summed E-state index contributed by atoms with van der Waals surface area (Å²) in [5, 5.41) is 26.6. The van der Waals surface area contributed by atoms with E-state index >= 15 is 0 Å². The number of hydroxylamine groups is 2. The molecule has 0 saturated heterocycles. The molecule has 3 unspecified atom stereocenters. The number of amides is 2. The van der Waals surface area contributed by atoms with Crippen molar-refractivity contribution in [3.8, 4) is 0 Å². The molecule has 2 amide bonds. The SMILES string of the molecule is CC(C)CC1NC(=O)C([NH+]([O-])O)Cc2cn(c3ccccc23)C(=O)c2ccccc2NC1=O. The number of carbonyl (C=O) groups excluding carboxylic acids is 3. The van der Waals surface area contributed by atoms with E-state index in [1.54, 1.807) is 54.7 Å². The van der Waals surface area contributed by atoms with Crippen molar-refractivity contribution in [1.82, 2.24) is 9.88 Å². The molecule has 3 atom stereocenters. The third-order valence-corrected chi connectivity index (χ3v) is 5.81. The molecule has 1 aliphatic heterocycles. The first-order valence-corrected chi connectivity index (χ1v) is 10.8.